The topological polar surface area (TPSA) is 29.3 Å². The van der Waals surface area contributed by atoms with Crippen molar-refractivity contribution in [1.29, 1.82) is 0 Å². The summed E-state index contributed by atoms with van der Waals surface area (Å²) < 4.78 is 0. The third kappa shape index (κ3) is 12.2. The molecule has 0 aromatic carbocycles. The predicted molar refractivity (Wildman–Crippen MR) is 56.0 cm³/mol. The Labute approximate surface area is 77.1 Å². The van der Waals surface area contributed by atoms with Crippen molar-refractivity contribution in [1.82, 2.24) is 4.90 Å². The highest BCUT2D eigenvalue weighted by molar-refractivity contribution is 4.83. The van der Waals surface area contributed by atoms with Crippen LogP contribution in [0.5, 0.6) is 0 Å². The molecule has 1 fully saturated rings. The minimum atomic E-state index is 0.347. The molecule has 1 aliphatic heterocycles. The van der Waals surface area contributed by atoms with E-state index in [-0.39, 0.29) is 0 Å². The van der Waals surface area contributed by atoms with E-state index < -0.39 is 0 Å². The van der Waals surface area contributed by atoms with Crippen molar-refractivity contribution in [2.24, 2.45) is 5.73 Å². The summed E-state index contributed by atoms with van der Waals surface area (Å²) >= 11 is 0. The average molecular weight is 170 g/mol. The van der Waals surface area contributed by atoms with Gasteiger partial charge in [-0.1, -0.05) is 19.8 Å². The Morgan fingerprint density at radius 2 is 1.67 bits per heavy atom. The minimum Gasteiger partial charge on any atom is -0.320 e. The van der Waals surface area contributed by atoms with Gasteiger partial charge in [-0.3, -0.25) is 0 Å². The van der Waals surface area contributed by atoms with Gasteiger partial charge in [0.2, 0.25) is 0 Å². The van der Waals surface area contributed by atoms with Crippen LogP contribution in [0.3, 0.4) is 0 Å². The van der Waals surface area contributed by atoms with Crippen LogP contribution in [0.25, 0.3) is 0 Å². The minimum absolute atomic E-state index is 0.347. The molecule has 0 saturated carbocycles. The fraction of sp³-hybridized carbons (Fsp3) is 0.800. The monoisotopic (exact) mass is 170 g/mol. The van der Waals surface area contributed by atoms with Crippen molar-refractivity contribution in [2.45, 2.75) is 26.7 Å². The van der Waals surface area contributed by atoms with Crippen molar-refractivity contribution in [3.63, 3.8) is 0 Å². The summed E-state index contributed by atoms with van der Waals surface area (Å²) in [4.78, 5) is 2.36. The average Bonchev–Trinajstić information content (AvgIpc) is 2.60. The lowest BCUT2D eigenvalue weighted by molar-refractivity contribution is 0.418. The molecule has 0 aromatic heterocycles. The summed E-state index contributed by atoms with van der Waals surface area (Å²) in [5, 5.41) is 0. The molecule has 0 radical (unpaired) electrons. The van der Waals surface area contributed by atoms with Crippen LogP contribution in [-0.4, -0.2) is 31.6 Å². The van der Waals surface area contributed by atoms with E-state index in [0.29, 0.717) is 6.54 Å². The number of nitrogens with zero attached hydrogens (tertiary/aromatic N) is 1. The van der Waals surface area contributed by atoms with Gasteiger partial charge < -0.3 is 10.6 Å². The number of nitrogens with two attached hydrogens (primary N) is 1. The summed E-state index contributed by atoms with van der Waals surface area (Å²) in [6.45, 7) is 6.99. The summed E-state index contributed by atoms with van der Waals surface area (Å²) in [7, 11) is 2.17. The van der Waals surface area contributed by atoms with E-state index in [1.54, 1.807) is 0 Å². The predicted octanol–water partition coefficient (Wildman–Crippen LogP) is 1.32. The zero-order valence-corrected chi connectivity index (χ0v) is 8.64. The van der Waals surface area contributed by atoms with Gasteiger partial charge in [0.05, 0.1) is 6.54 Å². The Hall–Kier alpha value is -0.520. The van der Waals surface area contributed by atoms with E-state index in [1.165, 1.54) is 25.9 Å². The van der Waals surface area contributed by atoms with Crippen LogP contribution in [0.15, 0.2) is 0 Å². The number of rotatable bonds is 0. The first-order valence-corrected chi connectivity index (χ1v) is 4.63. The van der Waals surface area contributed by atoms with Crippen molar-refractivity contribution in [2.75, 3.05) is 26.7 Å². The number of hydrogen-bond donors (Lipinski definition) is 1. The Morgan fingerprint density at radius 1 is 1.33 bits per heavy atom. The summed E-state index contributed by atoms with van der Waals surface area (Å²) in [6.07, 6.45) is 7.48. The van der Waals surface area contributed by atoms with Crippen LogP contribution in [0.1, 0.15) is 26.7 Å². The Balaban J connectivity index is 0. The highest BCUT2D eigenvalue weighted by Gasteiger charge is 2.03. The molecule has 0 spiro atoms. The second-order valence-electron chi connectivity index (χ2n) is 2.42. The van der Waals surface area contributed by atoms with E-state index in [2.05, 4.69) is 24.3 Å². The van der Waals surface area contributed by atoms with E-state index in [0.717, 1.165) is 0 Å². The van der Waals surface area contributed by atoms with E-state index in [4.69, 9.17) is 5.73 Å². The highest BCUT2D eigenvalue weighted by atomic mass is 15.1. The van der Waals surface area contributed by atoms with Crippen molar-refractivity contribution >= 4 is 0 Å². The van der Waals surface area contributed by atoms with Crippen molar-refractivity contribution in [3.8, 4) is 12.3 Å². The molecule has 0 aromatic rings. The van der Waals surface area contributed by atoms with Gasteiger partial charge in [-0.15, -0.1) is 6.42 Å². The van der Waals surface area contributed by atoms with Crippen LogP contribution < -0.4 is 5.73 Å². The third-order valence-corrected chi connectivity index (χ3v) is 1.45. The highest BCUT2D eigenvalue weighted by Crippen LogP contribution is 2.01. The van der Waals surface area contributed by atoms with Crippen LogP contribution in [0.4, 0.5) is 0 Å². The quantitative estimate of drug-likeness (QED) is 0.556. The fourth-order valence-corrected chi connectivity index (χ4v) is 0.875. The molecule has 0 bridgehead atoms. The van der Waals surface area contributed by atoms with Gasteiger partial charge in [0.25, 0.3) is 0 Å². The summed E-state index contributed by atoms with van der Waals surface area (Å²) in [5.41, 5.74) is 4.79. The second kappa shape index (κ2) is 13.1. The molecular weight excluding hydrogens is 148 g/mol. The van der Waals surface area contributed by atoms with Crippen molar-refractivity contribution < 1.29 is 0 Å². The maximum Gasteiger partial charge on any atom is 0.0548 e. The molecular formula is C10H22N2. The lowest BCUT2D eigenvalue weighted by Gasteiger charge is -2.01. The molecule has 2 nitrogen and oxygen atoms in total. The van der Waals surface area contributed by atoms with Crippen LogP contribution in [-0.2, 0) is 0 Å². The lowest BCUT2D eigenvalue weighted by atomic mass is 10.4. The molecule has 1 heterocycles. The standard InChI is InChI=1S/C5H11N.C3H5N.C2H6/c1-6-4-2-3-5-6;1-2-3-4;1-2/h2-5H2,1H3;1H,3-4H2;1-2H3. The van der Waals surface area contributed by atoms with Gasteiger partial charge in [0.15, 0.2) is 0 Å². The lowest BCUT2D eigenvalue weighted by Crippen LogP contribution is -2.10. The fourth-order valence-electron chi connectivity index (χ4n) is 0.875. The molecule has 12 heavy (non-hydrogen) atoms. The summed E-state index contributed by atoms with van der Waals surface area (Å²) in [6, 6.07) is 0. The molecule has 0 unspecified atom stereocenters. The molecule has 0 amide bonds. The smallest absolute Gasteiger partial charge is 0.0548 e. The van der Waals surface area contributed by atoms with Gasteiger partial charge >= 0.3 is 0 Å². The van der Waals surface area contributed by atoms with Gasteiger partial charge in [-0.25, -0.2) is 0 Å². The number of likely N-dealkylation sites (tertiary alicyclic amines) is 1. The van der Waals surface area contributed by atoms with E-state index in [9.17, 15) is 0 Å². The first kappa shape index (κ1) is 14.0. The Kier molecular flexibility index (Phi) is 15.3. The Morgan fingerprint density at radius 3 is 1.75 bits per heavy atom. The van der Waals surface area contributed by atoms with Crippen molar-refractivity contribution in [3.05, 3.63) is 0 Å². The maximum atomic E-state index is 4.79. The van der Waals surface area contributed by atoms with Gasteiger partial charge in [-0.05, 0) is 33.0 Å². The molecule has 2 N–H and O–H groups in total. The molecule has 0 aliphatic carbocycles. The second-order valence-corrected chi connectivity index (χ2v) is 2.42. The number of hydrogen-bond acceptors (Lipinski definition) is 2. The molecule has 1 saturated heterocycles. The van der Waals surface area contributed by atoms with Crippen LogP contribution >= 0.6 is 0 Å². The van der Waals surface area contributed by atoms with Crippen LogP contribution in [0, 0.1) is 12.3 Å². The number of terminal acetylenes is 1. The molecule has 1 aliphatic rings. The Bertz CT molecular complexity index is 98.9. The van der Waals surface area contributed by atoms with Crippen LogP contribution in [0.2, 0.25) is 0 Å². The zero-order valence-electron chi connectivity index (χ0n) is 8.64. The van der Waals surface area contributed by atoms with E-state index in [1.807, 2.05) is 13.8 Å². The SMILES string of the molecule is C#CCN.CC.CN1CCCC1. The molecule has 2 heteroatoms. The first-order valence-electron chi connectivity index (χ1n) is 4.63. The third-order valence-electron chi connectivity index (χ3n) is 1.45. The van der Waals surface area contributed by atoms with Gasteiger partial charge in [-0.2, -0.15) is 0 Å². The molecule has 0 atom stereocenters. The van der Waals surface area contributed by atoms with E-state index >= 15 is 0 Å². The molecule has 72 valence electrons. The maximum absolute atomic E-state index is 4.79. The normalized spacial score (nSPS) is 14.9. The summed E-state index contributed by atoms with van der Waals surface area (Å²) in [5.74, 6) is 2.21. The van der Waals surface area contributed by atoms with Gasteiger partial charge in [0.1, 0.15) is 0 Å². The zero-order chi connectivity index (χ0) is 9.82. The molecule has 1 rings (SSSR count). The largest absolute Gasteiger partial charge is 0.320 e. The first-order chi connectivity index (χ1) is 5.81. The van der Waals surface area contributed by atoms with Gasteiger partial charge in [0, 0.05) is 0 Å².